The predicted molar refractivity (Wildman–Crippen MR) is 46.0 cm³/mol. The van der Waals surface area contributed by atoms with E-state index in [1.54, 1.807) is 6.20 Å². The molecular weight excluding hydrogens is 136 g/mol. The minimum absolute atomic E-state index is 0.0659. The van der Waals surface area contributed by atoms with E-state index in [0.29, 0.717) is 5.92 Å². The Morgan fingerprint density at radius 1 is 1.36 bits per heavy atom. The lowest BCUT2D eigenvalue weighted by Crippen LogP contribution is -2.17. The Hall–Kier alpha value is -0.890. The van der Waals surface area contributed by atoms with Gasteiger partial charge >= 0.3 is 0 Å². The highest BCUT2D eigenvalue weighted by Crippen LogP contribution is 2.15. The normalized spacial score (nSPS) is 13.5. The van der Waals surface area contributed by atoms with Gasteiger partial charge < -0.3 is 5.73 Å². The molecule has 11 heavy (non-hydrogen) atoms. The lowest BCUT2D eigenvalue weighted by molar-refractivity contribution is 0.503. The first kappa shape index (κ1) is 8.21. The Balaban J connectivity index is 2.77. The van der Waals surface area contributed by atoms with Crippen LogP contribution in [0.3, 0.4) is 0 Å². The molecule has 0 radical (unpaired) electrons. The van der Waals surface area contributed by atoms with Crippen LogP contribution in [-0.4, -0.2) is 4.98 Å². The molecule has 1 aromatic heterocycles. The zero-order valence-corrected chi connectivity index (χ0v) is 6.99. The van der Waals surface area contributed by atoms with E-state index in [1.807, 2.05) is 18.2 Å². The summed E-state index contributed by atoms with van der Waals surface area (Å²) in [5, 5.41) is 0. The summed E-state index contributed by atoms with van der Waals surface area (Å²) in [7, 11) is 0. The molecule has 1 atom stereocenters. The van der Waals surface area contributed by atoms with Crippen molar-refractivity contribution >= 4 is 0 Å². The van der Waals surface area contributed by atoms with E-state index in [4.69, 9.17) is 5.73 Å². The third-order valence-corrected chi connectivity index (χ3v) is 1.75. The summed E-state index contributed by atoms with van der Waals surface area (Å²) in [6.07, 6.45) is 1.78. The van der Waals surface area contributed by atoms with E-state index < -0.39 is 0 Å². The molecule has 0 saturated carbocycles. The molecule has 0 aliphatic carbocycles. The predicted octanol–water partition coefficient (Wildman–Crippen LogP) is 1.74. The Labute approximate surface area is 67.5 Å². The maximum Gasteiger partial charge on any atom is 0.0573 e. The van der Waals surface area contributed by atoms with Gasteiger partial charge in [0.1, 0.15) is 0 Å². The Kier molecular flexibility index (Phi) is 2.60. The zero-order valence-electron chi connectivity index (χ0n) is 6.99. The fourth-order valence-electron chi connectivity index (χ4n) is 0.915. The van der Waals surface area contributed by atoms with Gasteiger partial charge in [-0.2, -0.15) is 0 Å². The van der Waals surface area contributed by atoms with E-state index in [1.165, 1.54) is 0 Å². The van der Waals surface area contributed by atoms with E-state index in [-0.39, 0.29) is 6.04 Å². The van der Waals surface area contributed by atoms with Crippen molar-refractivity contribution < 1.29 is 0 Å². The number of pyridine rings is 1. The first-order valence-corrected chi connectivity index (χ1v) is 3.88. The minimum Gasteiger partial charge on any atom is -0.322 e. The van der Waals surface area contributed by atoms with Gasteiger partial charge in [-0.05, 0) is 18.1 Å². The van der Waals surface area contributed by atoms with Gasteiger partial charge in [-0.3, -0.25) is 4.98 Å². The summed E-state index contributed by atoms with van der Waals surface area (Å²) in [6.45, 7) is 4.19. The van der Waals surface area contributed by atoms with Gasteiger partial charge in [0.05, 0.1) is 5.69 Å². The Morgan fingerprint density at radius 3 is 2.55 bits per heavy atom. The van der Waals surface area contributed by atoms with Gasteiger partial charge in [-0.25, -0.2) is 0 Å². The van der Waals surface area contributed by atoms with Crippen LogP contribution in [0.1, 0.15) is 25.6 Å². The average Bonchev–Trinajstić information content (AvgIpc) is 2.05. The second kappa shape index (κ2) is 3.49. The maximum absolute atomic E-state index is 5.88. The van der Waals surface area contributed by atoms with Crippen LogP contribution >= 0.6 is 0 Å². The molecule has 2 heteroatoms. The topological polar surface area (TPSA) is 38.9 Å². The maximum atomic E-state index is 5.88. The first-order chi connectivity index (χ1) is 5.22. The van der Waals surface area contributed by atoms with E-state index in [9.17, 15) is 0 Å². The molecule has 0 saturated heterocycles. The average molecular weight is 150 g/mol. The van der Waals surface area contributed by atoms with Crippen molar-refractivity contribution in [1.29, 1.82) is 0 Å². The molecule has 0 amide bonds. The van der Waals surface area contributed by atoms with Gasteiger partial charge in [0.15, 0.2) is 0 Å². The fraction of sp³-hybridized carbons (Fsp3) is 0.444. The number of hydrogen-bond donors (Lipinski definition) is 1. The summed E-state index contributed by atoms with van der Waals surface area (Å²) >= 11 is 0. The van der Waals surface area contributed by atoms with Gasteiger partial charge in [-0.1, -0.05) is 19.9 Å². The number of hydrogen-bond acceptors (Lipinski definition) is 2. The third kappa shape index (κ3) is 2.02. The highest BCUT2D eigenvalue weighted by molar-refractivity contribution is 5.08. The van der Waals surface area contributed by atoms with E-state index in [0.717, 1.165) is 5.69 Å². The molecule has 1 rings (SSSR count). The molecule has 1 aromatic rings. The van der Waals surface area contributed by atoms with Crippen molar-refractivity contribution in [3.63, 3.8) is 0 Å². The summed E-state index contributed by atoms with van der Waals surface area (Å²) in [5.41, 5.74) is 6.85. The molecular formula is C9H14N2. The second-order valence-electron chi connectivity index (χ2n) is 3.02. The summed E-state index contributed by atoms with van der Waals surface area (Å²) in [6, 6.07) is 5.89. The SMILES string of the molecule is CC(C)[C@H](N)c1ccccn1. The minimum atomic E-state index is 0.0659. The van der Waals surface area contributed by atoms with Crippen molar-refractivity contribution in [2.75, 3.05) is 0 Å². The van der Waals surface area contributed by atoms with Crippen LogP contribution in [0.2, 0.25) is 0 Å². The molecule has 60 valence electrons. The van der Waals surface area contributed by atoms with Crippen molar-refractivity contribution in [3.8, 4) is 0 Å². The first-order valence-electron chi connectivity index (χ1n) is 3.88. The standard InChI is InChI=1S/C9H14N2/c1-7(2)9(10)8-5-3-4-6-11-8/h3-7,9H,10H2,1-2H3/t9-/m0/s1. The van der Waals surface area contributed by atoms with Crippen molar-refractivity contribution in [2.45, 2.75) is 19.9 Å². The van der Waals surface area contributed by atoms with Crippen LogP contribution in [0.5, 0.6) is 0 Å². The molecule has 0 aliphatic rings. The van der Waals surface area contributed by atoms with Crippen molar-refractivity contribution in [1.82, 2.24) is 4.98 Å². The Bertz CT molecular complexity index is 206. The summed E-state index contributed by atoms with van der Waals surface area (Å²) in [5.74, 6) is 0.449. The number of nitrogens with zero attached hydrogens (tertiary/aromatic N) is 1. The lowest BCUT2D eigenvalue weighted by atomic mass is 10.0. The molecule has 2 N–H and O–H groups in total. The van der Waals surface area contributed by atoms with Crippen LogP contribution in [0.4, 0.5) is 0 Å². The zero-order chi connectivity index (χ0) is 8.27. The van der Waals surface area contributed by atoms with Crippen LogP contribution in [-0.2, 0) is 0 Å². The van der Waals surface area contributed by atoms with Gasteiger partial charge in [0, 0.05) is 12.2 Å². The van der Waals surface area contributed by atoms with Crippen molar-refractivity contribution in [3.05, 3.63) is 30.1 Å². The second-order valence-corrected chi connectivity index (χ2v) is 3.02. The monoisotopic (exact) mass is 150 g/mol. The molecule has 0 bridgehead atoms. The van der Waals surface area contributed by atoms with Crippen LogP contribution in [0.15, 0.2) is 24.4 Å². The molecule has 1 heterocycles. The quantitative estimate of drug-likeness (QED) is 0.697. The van der Waals surface area contributed by atoms with Gasteiger partial charge in [0.2, 0.25) is 0 Å². The molecule has 2 nitrogen and oxygen atoms in total. The van der Waals surface area contributed by atoms with Gasteiger partial charge in [0.25, 0.3) is 0 Å². The molecule has 0 aromatic carbocycles. The number of rotatable bonds is 2. The molecule has 0 spiro atoms. The summed E-state index contributed by atoms with van der Waals surface area (Å²) in [4.78, 5) is 4.17. The Morgan fingerprint density at radius 2 is 2.09 bits per heavy atom. The number of nitrogens with two attached hydrogens (primary N) is 1. The highest BCUT2D eigenvalue weighted by Gasteiger charge is 2.09. The lowest BCUT2D eigenvalue weighted by Gasteiger charge is -2.13. The molecule has 0 fully saturated rings. The van der Waals surface area contributed by atoms with Gasteiger partial charge in [-0.15, -0.1) is 0 Å². The smallest absolute Gasteiger partial charge is 0.0573 e. The van der Waals surface area contributed by atoms with E-state index >= 15 is 0 Å². The fourth-order valence-corrected chi connectivity index (χ4v) is 0.915. The molecule has 0 aliphatic heterocycles. The van der Waals surface area contributed by atoms with Crippen molar-refractivity contribution in [2.24, 2.45) is 11.7 Å². The molecule has 0 unspecified atom stereocenters. The third-order valence-electron chi connectivity index (χ3n) is 1.75. The summed E-state index contributed by atoms with van der Waals surface area (Å²) < 4.78 is 0. The van der Waals surface area contributed by atoms with Crippen LogP contribution in [0.25, 0.3) is 0 Å². The highest BCUT2D eigenvalue weighted by atomic mass is 14.8. The largest absolute Gasteiger partial charge is 0.322 e. The van der Waals surface area contributed by atoms with Crippen LogP contribution < -0.4 is 5.73 Å². The van der Waals surface area contributed by atoms with Crippen LogP contribution in [0, 0.1) is 5.92 Å². The number of aromatic nitrogens is 1. The van der Waals surface area contributed by atoms with E-state index in [2.05, 4.69) is 18.8 Å².